The molecule has 1 aliphatic heterocycles. The predicted molar refractivity (Wildman–Crippen MR) is 79.6 cm³/mol. The first-order valence-electron chi connectivity index (χ1n) is 6.19. The Bertz CT molecular complexity index is 248. The molecule has 4 nitrogen and oxygen atoms in total. The van der Waals surface area contributed by atoms with Crippen molar-refractivity contribution in [3.05, 3.63) is 0 Å². The number of rotatable bonds is 6. The number of hydrogen-bond donors (Lipinski definition) is 2. The maximum Gasteiger partial charge on any atom is 0.224 e. The molecule has 1 unspecified atom stereocenters. The highest BCUT2D eigenvalue weighted by Gasteiger charge is 2.32. The summed E-state index contributed by atoms with van der Waals surface area (Å²) in [5.74, 6) is 0.165. The second-order valence-corrected chi connectivity index (χ2v) is 5.95. The zero-order chi connectivity index (χ0) is 12.7. The maximum atomic E-state index is 11.8. The maximum absolute atomic E-state index is 11.8. The van der Waals surface area contributed by atoms with E-state index in [0.717, 1.165) is 39.1 Å². The van der Waals surface area contributed by atoms with Gasteiger partial charge < -0.3 is 15.4 Å². The molecular weight excluding hydrogens is 272 g/mol. The molecule has 6 heteroatoms. The minimum atomic E-state index is 0. The summed E-state index contributed by atoms with van der Waals surface area (Å²) in [4.78, 5) is 11.8. The lowest BCUT2D eigenvalue weighted by Gasteiger charge is -2.36. The van der Waals surface area contributed by atoms with Crippen molar-refractivity contribution in [1.29, 1.82) is 0 Å². The first kappa shape index (κ1) is 18.0. The highest BCUT2D eigenvalue weighted by atomic mass is 35.5. The molecule has 1 saturated heterocycles. The highest BCUT2D eigenvalue weighted by molar-refractivity contribution is 8.00. The summed E-state index contributed by atoms with van der Waals surface area (Å²) in [6.07, 6.45) is 4.16. The largest absolute Gasteiger partial charge is 0.381 e. The molecule has 0 radical (unpaired) electrons. The fourth-order valence-corrected chi connectivity index (χ4v) is 2.81. The second kappa shape index (κ2) is 9.02. The number of thioether (sulfide) groups is 1. The van der Waals surface area contributed by atoms with Crippen molar-refractivity contribution < 1.29 is 9.53 Å². The average Bonchev–Trinajstić information content (AvgIpc) is 2.37. The van der Waals surface area contributed by atoms with Gasteiger partial charge in [-0.15, -0.1) is 12.4 Å². The Kier molecular flexibility index (Phi) is 9.03. The van der Waals surface area contributed by atoms with E-state index < -0.39 is 0 Å². The topological polar surface area (TPSA) is 50.4 Å². The van der Waals surface area contributed by atoms with Gasteiger partial charge in [-0.3, -0.25) is 4.79 Å². The van der Waals surface area contributed by atoms with Crippen LogP contribution in [0.15, 0.2) is 0 Å². The molecule has 1 atom stereocenters. The van der Waals surface area contributed by atoms with Crippen molar-refractivity contribution in [2.24, 2.45) is 5.92 Å². The molecule has 108 valence electrons. The van der Waals surface area contributed by atoms with Crippen LogP contribution in [-0.4, -0.2) is 50.3 Å². The van der Waals surface area contributed by atoms with Gasteiger partial charge in [0, 0.05) is 37.0 Å². The van der Waals surface area contributed by atoms with Crippen LogP contribution in [0.5, 0.6) is 0 Å². The molecule has 1 aliphatic rings. The monoisotopic (exact) mass is 296 g/mol. The zero-order valence-corrected chi connectivity index (χ0v) is 13.1. The van der Waals surface area contributed by atoms with Crippen LogP contribution >= 0.6 is 24.2 Å². The molecule has 1 fully saturated rings. The first-order valence-corrected chi connectivity index (χ1v) is 7.41. The van der Waals surface area contributed by atoms with Gasteiger partial charge in [0.2, 0.25) is 5.91 Å². The van der Waals surface area contributed by atoms with Gasteiger partial charge in [0.25, 0.3) is 0 Å². The SMILES string of the molecule is CNCC(C)C(=O)NCC1(SC)CCOCC1.Cl. The Morgan fingerprint density at radius 3 is 2.56 bits per heavy atom. The minimum absolute atomic E-state index is 0. The summed E-state index contributed by atoms with van der Waals surface area (Å²) >= 11 is 1.85. The van der Waals surface area contributed by atoms with Crippen LogP contribution in [0, 0.1) is 5.92 Å². The van der Waals surface area contributed by atoms with E-state index in [1.165, 1.54) is 0 Å². The quantitative estimate of drug-likeness (QED) is 0.776. The number of ether oxygens (including phenoxy) is 1. The van der Waals surface area contributed by atoms with Crippen LogP contribution in [-0.2, 0) is 9.53 Å². The van der Waals surface area contributed by atoms with Crippen molar-refractivity contribution in [3.8, 4) is 0 Å². The molecule has 0 aromatic heterocycles. The number of halogens is 1. The van der Waals surface area contributed by atoms with E-state index in [9.17, 15) is 4.79 Å². The summed E-state index contributed by atoms with van der Waals surface area (Å²) in [5.41, 5.74) is 0. The van der Waals surface area contributed by atoms with E-state index in [-0.39, 0.29) is 29.0 Å². The van der Waals surface area contributed by atoms with Gasteiger partial charge in [0.05, 0.1) is 0 Å². The van der Waals surface area contributed by atoms with Crippen LogP contribution in [0.25, 0.3) is 0 Å². The lowest BCUT2D eigenvalue weighted by Crippen LogP contribution is -2.46. The van der Waals surface area contributed by atoms with E-state index in [0.29, 0.717) is 0 Å². The third-order valence-electron chi connectivity index (χ3n) is 3.38. The van der Waals surface area contributed by atoms with E-state index in [2.05, 4.69) is 16.9 Å². The molecule has 1 heterocycles. The molecule has 0 aromatic carbocycles. The lowest BCUT2D eigenvalue weighted by atomic mass is 9.98. The lowest BCUT2D eigenvalue weighted by molar-refractivity contribution is -0.124. The Hall–Kier alpha value is 0.0300. The third kappa shape index (κ3) is 5.34. The Balaban J connectivity index is 0.00000289. The van der Waals surface area contributed by atoms with Gasteiger partial charge in [-0.1, -0.05) is 6.92 Å². The molecule has 0 aliphatic carbocycles. The van der Waals surface area contributed by atoms with Crippen LogP contribution < -0.4 is 10.6 Å². The van der Waals surface area contributed by atoms with E-state index in [1.54, 1.807) is 0 Å². The Morgan fingerprint density at radius 2 is 2.06 bits per heavy atom. The Morgan fingerprint density at radius 1 is 1.44 bits per heavy atom. The standard InChI is InChI=1S/C12H24N2O2S.ClH/c1-10(8-13-2)11(15)14-9-12(17-3)4-6-16-7-5-12;/h10,13H,4-9H2,1-3H3,(H,14,15);1H. The number of amides is 1. The number of hydrogen-bond acceptors (Lipinski definition) is 4. The fraction of sp³-hybridized carbons (Fsp3) is 0.917. The summed E-state index contributed by atoms with van der Waals surface area (Å²) < 4.78 is 5.56. The molecule has 18 heavy (non-hydrogen) atoms. The van der Waals surface area contributed by atoms with Crippen LogP contribution in [0.1, 0.15) is 19.8 Å². The summed E-state index contributed by atoms with van der Waals surface area (Å²) in [6, 6.07) is 0. The van der Waals surface area contributed by atoms with Crippen LogP contribution in [0.2, 0.25) is 0 Å². The Labute approximate surface area is 120 Å². The molecule has 0 bridgehead atoms. The summed E-state index contributed by atoms with van der Waals surface area (Å²) in [7, 11) is 1.87. The van der Waals surface area contributed by atoms with Crippen molar-refractivity contribution in [1.82, 2.24) is 10.6 Å². The van der Waals surface area contributed by atoms with Gasteiger partial charge in [0.1, 0.15) is 0 Å². The van der Waals surface area contributed by atoms with Crippen molar-refractivity contribution in [3.63, 3.8) is 0 Å². The van der Waals surface area contributed by atoms with Gasteiger partial charge in [0.15, 0.2) is 0 Å². The smallest absolute Gasteiger partial charge is 0.224 e. The molecule has 2 N–H and O–H groups in total. The normalized spacial score (nSPS) is 19.7. The number of nitrogens with one attached hydrogen (secondary N) is 2. The van der Waals surface area contributed by atoms with Crippen LogP contribution in [0.4, 0.5) is 0 Å². The van der Waals surface area contributed by atoms with Gasteiger partial charge in [-0.2, -0.15) is 11.8 Å². The van der Waals surface area contributed by atoms with Gasteiger partial charge in [-0.05, 0) is 26.1 Å². The van der Waals surface area contributed by atoms with Crippen molar-refractivity contribution >= 4 is 30.1 Å². The zero-order valence-electron chi connectivity index (χ0n) is 11.5. The third-order valence-corrected chi connectivity index (χ3v) is 4.80. The number of carbonyl (C=O) groups excluding carboxylic acids is 1. The predicted octanol–water partition coefficient (Wildman–Crippen LogP) is 1.29. The van der Waals surface area contributed by atoms with Crippen molar-refractivity contribution in [2.75, 3.05) is 39.6 Å². The average molecular weight is 297 g/mol. The van der Waals surface area contributed by atoms with E-state index >= 15 is 0 Å². The van der Waals surface area contributed by atoms with Gasteiger partial charge >= 0.3 is 0 Å². The van der Waals surface area contributed by atoms with E-state index in [4.69, 9.17) is 4.74 Å². The molecule has 1 amide bonds. The molecule has 1 rings (SSSR count). The second-order valence-electron chi connectivity index (χ2n) is 4.68. The fourth-order valence-electron chi connectivity index (χ4n) is 2.02. The molecule has 0 spiro atoms. The molecular formula is C12H25ClN2O2S. The summed E-state index contributed by atoms with van der Waals surface area (Å²) in [5, 5.41) is 6.10. The van der Waals surface area contributed by atoms with E-state index in [1.807, 2.05) is 25.7 Å². The summed E-state index contributed by atoms with van der Waals surface area (Å²) in [6.45, 7) is 5.04. The highest BCUT2D eigenvalue weighted by Crippen LogP contribution is 2.32. The first-order chi connectivity index (χ1) is 8.13. The van der Waals surface area contributed by atoms with Gasteiger partial charge in [-0.25, -0.2) is 0 Å². The van der Waals surface area contributed by atoms with Crippen LogP contribution in [0.3, 0.4) is 0 Å². The molecule has 0 aromatic rings. The van der Waals surface area contributed by atoms with Crippen molar-refractivity contribution in [2.45, 2.75) is 24.5 Å². The minimum Gasteiger partial charge on any atom is -0.381 e. The molecule has 0 saturated carbocycles. The number of carbonyl (C=O) groups is 1.